The van der Waals surface area contributed by atoms with E-state index in [9.17, 15) is 24.2 Å². The van der Waals surface area contributed by atoms with Crippen molar-refractivity contribution in [1.82, 2.24) is 5.32 Å². The van der Waals surface area contributed by atoms with Gasteiger partial charge in [0, 0.05) is 19.4 Å². The van der Waals surface area contributed by atoms with Crippen LogP contribution in [-0.2, 0) is 27.9 Å². The molecule has 0 aliphatic heterocycles. The third kappa shape index (κ3) is 49.5. The first-order valence-corrected chi connectivity index (χ1v) is 25.9. The fourth-order valence-electron chi connectivity index (χ4n) is 6.04. The standard InChI is InChI=1S/C53H88NO8P/c1-3-5-7-9-11-13-15-17-19-21-23-25-27-29-31-33-35-37-39-41-43-45-52(56)54-47-48-61-63(58,59)62-50-51(55)49-60-53(57)46-44-42-40-38-36-34-32-30-28-26-24-22-20-18-16-14-12-10-8-6-4-2/h5,7,11-14,17-20,23-26,29,31,35,37,51,55H,3-4,6,8-10,15-16,21-22,27-28,30,32-34,36,38-50H2,1-2H3,(H,54,56)(H,58,59)/b7-5-,13-11-,14-12-,19-17-,20-18-,25-23-,26-24-,31-29-,37-35-. The molecule has 0 aliphatic carbocycles. The Hall–Kier alpha value is -3.33. The topological polar surface area (TPSA) is 131 Å². The van der Waals surface area contributed by atoms with Gasteiger partial charge in [-0.3, -0.25) is 18.6 Å². The lowest BCUT2D eigenvalue weighted by atomic mass is 10.1. The summed E-state index contributed by atoms with van der Waals surface area (Å²) >= 11 is 0. The van der Waals surface area contributed by atoms with Gasteiger partial charge in [0.1, 0.15) is 12.7 Å². The van der Waals surface area contributed by atoms with Crippen molar-refractivity contribution in [3.05, 3.63) is 109 Å². The number of ether oxygens (including phenoxy) is 1. The van der Waals surface area contributed by atoms with Crippen LogP contribution in [0.5, 0.6) is 0 Å². The van der Waals surface area contributed by atoms with Crippen LogP contribution in [0.2, 0.25) is 0 Å². The number of amides is 1. The second-order valence-electron chi connectivity index (χ2n) is 15.7. The average Bonchev–Trinajstić information content (AvgIpc) is 3.27. The minimum atomic E-state index is -4.44. The van der Waals surface area contributed by atoms with Gasteiger partial charge in [0.25, 0.3) is 0 Å². The predicted octanol–water partition coefficient (Wildman–Crippen LogP) is 14.3. The van der Waals surface area contributed by atoms with Gasteiger partial charge in [-0.25, -0.2) is 4.57 Å². The van der Waals surface area contributed by atoms with E-state index in [4.69, 9.17) is 13.8 Å². The van der Waals surface area contributed by atoms with Crippen molar-refractivity contribution in [2.75, 3.05) is 26.4 Å². The van der Waals surface area contributed by atoms with Crippen molar-refractivity contribution in [1.29, 1.82) is 0 Å². The molecule has 1 amide bonds. The molecule has 0 radical (unpaired) electrons. The highest BCUT2D eigenvalue weighted by atomic mass is 31.2. The number of hydrogen-bond donors (Lipinski definition) is 3. The molecule has 0 saturated carbocycles. The van der Waals surface area contributed by atoms with Gasteiger partial charge in [-0.2, -0.15) is 0 Å². The summed E-state index contributed by atoms with van der Waals surface area (Å²) in [7, 11) is -4.44. The highest BCUT2D eigenvalue weighted by molar-refractivity contribution is 7.47. The number of phosphoric acid groups is 1. The van der Waals surface area contributed by atoms with Crippen molar-refractivity contribution >= 4 is 19.7 Å². The number of aliphatic hydroxyl groups excluding tert-OH is 1. The van der Waals surface area contributed by atoms with Gasteiger partial charge in [0.05, 0.1) is 13.2 Å². The zero-order chi connectivity index (χ0) is 46.0. The second kappa shape index (κ2) is 48.1. The number of esters is 1. The van der Waals surface area contributed by atoms with E-state index in [1.807, 2.05) is 0 Å². The van der Waals surface area contributed by atoms with Gasteiger partial charge in [-0.1, -0.05) is 175 Å². The normalized spacial score (nSPS) is 14.2. The van der Waals surface area contributed by atoms with Crippen LogP contribution in [0.15, 0.2) is 109 Å². The molecular weight excluding hydrogens is 810 g/mol. The van der Waals surface area contributed by atoms with Crippen LogP contribution in [0.3, 0.4) is 0 Å². The molecule has 0 rings (SSSR count). The number of allylic oxidation sites excluding steroid dienone is 18. The molecule has 0 aliphatic rings. The fraction of sp³-hybridized carbons (Fsp3) is 0.623. The summed E-state index contributed by atoms with van der Waals surface area (Å²) in [5, 5.41) is 12.7. The van der Waals surface area contributed by atoms with Crippen molar-refractivity contribution < 1.29 is 37.9 Å². The van der Waals surface area contributed by atoms with Crippen molar-refractivity contribution in [2.24, 2.45) is 0 Å². The molecule has 0 fully saturated rings. The van der Waals surface area contributed by atoms with E-state index in [0.717, 1.165) is 103 Å². The van der Waals surface area contributed by atoms with Gasteiger partial charge in [-0.15, -0.1) is 0 Å². The summed E-state index contributed by atoms with van der Waals surface area (Å²) in [4.78, 5) is 34.0. The van der Waals surface area contributed by atoms with E-state index >= 15 is 0 Å². The highest BCUT2D eigenvalue weighted by Gasteiger charge is 2.23. The first-order valence-electron chi connectivity index (χ1n) is 24.4. The van der Waals surface area contributed by atoms with Gasteiger partial charge in [0.15, 0.2) is 0 Å². The number of carbonyl (C=O) groups excluding carboxylic acids is 2. The summed E-state index contributed by atoms with van der Waals surface area (Å²) in [6.45, 7) is 3.34. The summed E-state index contributed by atoms with van der Waals surface area (Å²) in [5.74, 6) is -0.576. The average molecular weight is 898 g/mol. The molecule has 0 spiro atoms. The monoisotopic (exact) mass is 898 g/mol. The Morgan fingerprint density at radius 3 is 1.38 bits per heavy atom. The summed E-state index contributed by atoms with van der Waals surface area (Å²) in [6, 6.07) is 0. The second-order valence-corrected chi connectivity index (χ2v) is 17.1. The molecule has 2 atom stereocenters. The molecule has 3 N–H and O–H groups in total. The van der Waals surface area contributed by atoms with Crippen molar-refractivity contribution in [3.8, 4) is 0 Å². The maximum absolute atomic E-state index is 12.1. The third-order valence-corrected chi connectivity index (χ3v) is 10.7. The van der Waals surface area contributed by atoms with Crippen LogP contribution in [0.4, 0.5) is 0 Å². The first kappa shape index (κ1) is 59.7. The molecule has 0 aromatic carbocycles. The maximum Gasteiger partial charge on any atom is 0.472 e. The number of nitrogens with one attached hydrogen (secondary N) is 1. The molecule has 63 heavy (non-hydrogen) atoms. The van der Waals surface area contributed by atoms with Crippen LogP contribution in [0, 0.1) is 0 Å². The van der Waals surface area contributed by atoms with Crippen LogP contribution >= 0.6 is 7.82 Å². The summed E-state index contributed by atoms with van der Waals surface area (Å²) in [5.41, 5.74) is 0. The Kier molecular flexibility index (Phi) is 45.6. The Labute approximate surface area is 384 Å². The first-order chi connectivity index (χ1) is 30.8. The number of phosphoric ester groups is 1. The number of carbonyl (C=O) groups is 2. The van der Waals surface area contributed by atoms with Crippen molar-refractivity contribution in [3.63, 3.8) is 0 Å². The lowest BCUT2D eigenvalue weighted by molar-refractivity contribution is -0.147. The Bertz CT molecular complexity index is 1390. The van der Waals surface area contributed by atoms with Crippen LogP contribution in [0.25, 0.3) is 0 Å². The largest absolute Gasteiger partial charge is 0.472 e. The van der Waals surface area contributed by atoms with Crippen LogP contribution in [0.1, 0.15) is 181 Å². The smallest absolute Gasteiger partial charge is 0.463 e. The Balaban J connectivity index is 3.69. The number of hydrogen-bond acceptors (Lipinski definition) is 7. The molecule has 0 aromatic heterocycles. The molecule has 0 aromatic rings. The summed E-state index contributed by atoms with van der Waals surface area (Å²) < 4.78 is 26.9. The van der Waals surface area contributed by atoms with Gasteiger partial charge in [0.2, 0.25) is 5.91 Å². The van der Waals surface area contributed by atoms with E-state index in [-0.39, 0.29) is 32.1 Å². The third-order valence-electron chi connectivity index (χ3n) is 9.69. The number of aliphatic hydroxyl groups is 1. The Morgan fingerprint density at radius 2 is 0.905 bits per heavy atom. The minimum absolute atomic E-state index is 0.0500. The molecular formula is C53H88NO8P. The van der Waals surface area contributed by atoms with Gasteiger partial charge >= 0.3 is 13.8 Å². The zero-order valence-corrected chi connectivity index (χ0v) is 40.4. The molecule has 358 valence electrons. The fourth-order valence-corrected chi connectivity index (χ4v) is 6.79. The number of rotatable bonds is 44. The Morgan fingerprint density at radius 1 is 0.508 bits per heavy atom. The predicted molar refractivity (Wildman–Crippen MR) is 265 cm³/mol. The lowest BCUT2D eigenvalue weighted by Gasteiger charge is -2.15. The SMILES string of the molecule is CC/C=C\C/C=C\C/C=C\C/C=C\C/C=C\C/C=C\CCCCC(=O)NCCOP(=O)(O)OCC(O)COC(=O)CCCCCCCCCC/C=C\C/C=C\C/C=C\CCCCC. The quantitative estimate of drug-likeness (QED) is 0.0238. The van der Waals surface area contributed by atoms with Gasteiger partial charge < -0.3 is 20.1 Å². The van der Waals surface area contributed by atoms with Crippen LogP contribution < -0.4 is 5.32 Å². The molecule has 0 bridgehead atoms. The highest BCUT2D eigenvalue weighted by Crippen LogP contribution is 2.42. The zero-order valence-electron chi connectivity index (χ0n) is 39.5. The minimum Gasteiger partial charge on any atom is -0.463 e. The molecule has 9 nitrogen and oxygen atoms in total. The van der Waals surface area contributed by atoms with E-state index in [1.165, 1.54) is 51.4 Å². The van der Waals surface area contributed by atoms with E-state index < -0.39 is 26.5 Å². The van der Waals surface area contributed by atoms with Crippen molar-refractivity contribution in [2.45, 2.75) is 187 Å². The molecule has 0 saturated heterocycles. The van der Waals surface area contributed by atoms with E-state index in [2.05, 4.69) is 129 Å². The molecule has 2 unspecified atom stereocenters. The van der Waals surface area contributed by atoms with Crippen LogP contribution in [-0.4, -0.2) is 54.3 Å². The lowest BCUT2D eigenvalue weighted by Crippen LogP contribution is -2.27. The molecule has 0 heterocycles. The maximum atomic E-state index is 12.1. The number of unbranched alkanes of at least 4 members (excludes halogenated alkanes) is 13. The van der Waals surface area contributed by atoms with E-state index in [1.54, 1.807) is 0 Å². The van der Waals surface area contributed by atoms with Gasteiger partial charge in [-0.05, 0) is 103 Å². The van der Waals surface area contributed by atoms with E-state index in [0.29, 0.717) is 6.42 Å². The molecule has 10 heteroatoms. The summed E-state index contributed by atoms with van der Waals surface area (Å²) in [6.07, 6.45) is 64.5.